The van der Waals surface area contributed by atoms with Crippen LogP contribution in [-0.2, 0) is 35.6 Å². The molecule has 30 heavy (non-hydrogen) atoms. The fourth-order valence-corrected chi connectivity index (χ4v) is 4.30. The second-order valence-corrected chi connectivity index (χ2v) is 8.19. The standard InChI is InChI=1S/C20H24ClN5O4/c21-15-8-17-16(29-12-30-17)7-14(15)10-25-3-1-18-23-24-19(26(18)5-4-25)9-22-20(27)13-2-6-28-11-13/h7-8,13H,1-6,9-12H2,(H,22,27). The van der Waals surface area contributed by atoms with E-state index < -0.39 is 0 Å². The molecule has 9 nitrogen and oxygen atoms in total. The van der Waals surface area contributed by atoms with Gasteiger partial charge in [-0.05, 0) is 18.1 Å². The van der Waals surface area contributed by atoms with E-state index in [0.717, 1.165) is 62.0 Å². The number of amides is 1. The van der Waals surface area contributed by atoms with Crippen LogP contribution in [0.4, 0.5) is 0 Å². The number of aromatic nitrogens is 3. The number of rotatable bonds is 5. The van der Waals surface area contributed by atoms with Crippen molar-refractivity contribution in [1.29, 1.82) is 0 Å². The van der Waals surface area contributed by atoms with Crippen molar-refractivity contribution in [2.24, 2.45) is 5.92 Å². The summed E-state index contributed by atoms with van der Waals surface area (Å²) in [5.74, 6) is 3.15. The molecule has 1 aromatic heterocycles. The van der Waals surface area contributed by atoms with Crippen molar-refractivity contribution >= 4 is 17.5 Å². The number of benzene rings is 1. The molecule has 1 amide bonds. The van der Waals surface area contributed by atoms with Crippen LogP contribution >= 0.6 is 11.6 Å². The van der Waals surface area contributed by atoms with E-state index in [1.807, 2.05) is 12.1 Å². The van der Waals surface area contributed by atoms with E-state index in [-0.39, 0.29) is 18.6 Å². The summed E-state index contributed by atoms with van der Waals surface area (Å²) in [5, 5.41) is 12.3. The fourth-order valence-electron chi connectivity index (χ4n) is 4.09. The average Bonchev–Trinajstić information content (AvgIpc) is 3.47. The number of ether oxygens (including phenoxy) is 3. The van der Waals surface area contributed by atoms with Gasteiger partial charge in [-0.3, -0.25) is 9.69 Å². The highest BCUT2D eigenvalue weighted by molar-refractivity contribution is 6.31. The zero-order valence-corrected chi connectivity index (χ0v) is 17.4. The zero-order chi connectivity index (χ0) is 20.5. The van der Waals surface area contributed by atoms with Crippen molar-refractivity contribution < 1.29 is 19.0 Å². The predicted octanol–water partition coefficient (Wildman–Crippen LogP) is 1.37. The predicted molar refractivity (Wildman–Crippen MR) is 107 cm³/mol. The second-order valence-electron chi connectivity index (χ2n) is 7.79. The summed E-state index contributed by atoms with van der Waals surface area (Å²) in [5.41, 5.74) is 1.02. The number of carbonyl (C=O) groups is 1. The van der Waals surface area contributed by atoms with E-state index in [9.17, 15) is 4.79 Å². The van der Waals surface area contributed by atoms with Crippen molar-refractivity contribution in [3.8, 4) is 11.5 Å². The molecule has 0 bridgehead atoms. The van der Waals surface area contributed by atoms with Gasteiger partial charge in [0.25, 0.3) is 0 Å². The van der Waals surface area contributed by atoms with Crippen LogP contribution in [0.2, 0.25) is 5.02 Å². The second kappa shape index (κ2) is 8.41. The monoisotopic (exact) mass is 433 g/mol. The summed E-state index contributed by atoms with van der Waals surface area (Å²) in [6.07, 6.45) is 1.57. The number of fused-ring (bicyclic) bond motifs is 2. The summed E-state index contributed by atoms with van der Waals surface area (Å²) in [7, 11) is 0. The van der Waals surface area contributed by atoms with Crippen LogP contribution in [0.5, 0.6) is 11.5 Å². The Balaban J connectivity index is 1.21. The van der Waals surface area contributed by atoms with Crippen molar-refractivity contribution in [2.75, 3.05) is 33.1 Å². The first-order chi connectivity index (χ1) is 14.7. The SMILES string of the molecule is O=C(NCc1nnc2n1CCN(Cc1cc3c(cc1Cl)OCO3)CC2)C1CCOC1. The van der Waals surface area contributed by atoms with Gasteiger partial charge in [-0.2, -0.15) is 0 Å². The molecule has 1 saturated heterocycles. The van der Waals surface area contributed by atoms with E-state index >= 15 is 0 Å². The molecular weight excluding hydrogens is 410 g/mol. The molecule has 1 atom stereocenters. The van der Waals surface area contributed by atoms with Crippen LogP contribution in [0, 0.1) is 5.92 Å². The van der Waals surface area contributed by atoms with Crippen molar-refractivity contribution in [2.45, 2.75) is 32.5 Å². The van der Waals surface area contributed by atoms with Crippen molar-refractivity contribution in [1.82, 2.24) is 25.0 Å². The topological polar surface area (TPSA) is 90.7 Å². The Kier molecular flexibility index (Phi) is 5.49. The molecule has 10 heteroatoms. The van der Waals surface area contributed by atoms with Gasteiger partial charge in [0.05, 0.1) is 19.1 Å². The molecule has 0 spiro atoms. The molecule has 3 aliphatic heterocycles. The van der Waals surface area contributed by atoms with Crippen LogP contribution < -0.4 is 14.8 Å². The third-order valence-corrected chi connectivity index (χ3v) is 6.20. The molecule has 160 valence electrons. The van der Waals surface area contributed by atoms with Crippen LogP contribution in [0.25, 0.3) is 0 Å². The largest absolute Gasteiger partial charge is 0.454 e. The third kappa shape index (κ3) is 3.97. The Morgan fingerprint density at radius 2 is 2.07 bits per heavy atom. The maximum Gasteiger partial charge on any atom is 0.231 e. The van der Waals surface area contributed by atoms with Crippen LogP contribution in [0.1, 0.15) is 23.6 Å². The van der Waals surface area contributed by atoms with E-state index in [1.54, 1.807) is 0 Å². The van der Waals surface area contributed by atoms with Gasteiger partial charge in [0, 0.05) is 50.3 Å². The molecule has 1 unspecified atom stereocenters. The maximum absolute atomic E-state index is 12.3. The lowest BCUT2D eigenvalue weighted by molar-refractivity contribution is -0.125. The molecule has 0 radical (unpaired) electrons. The van der Waals surface area contributed by atoms with E-state index in [2.05, 4.69) is 25.0 Å². The van der Waals surface area contributed by atoms with Gasteiger partial charge >= 0.3 is 0 Å². The van der Waals surface area contributed by atoms with Crippen LogP contribution in [0.15, 0.2) is 12.1 Å². The van der Waals surface area contributed by atoms with Crippen LogP contribution in [0.3, 0.4) is 0 Å². The Morgan fingerprint density at radius 3 is 2.90 bits per heavy atom. The lowest BCUT2D eigenvalue weighted by atomic mass is 10.1. The van der Waals surface area contributed by atoms with Crippen molar-refractivity contribution in [3.05, 3.63) is 34.4 Å². The highest BCUT2D eigenvalue weighted by atomic mass is 35.5. The Morgan fingerprint density at radius 1 is 1.20 bits per heavy atom. The highest BCUT2D eigenvalue weighted by Crippen LogP contribution is 2.37. The maximum atomic E-state index is 12.3. The molecule has 5 rings (SSSR count). The first-order valence-corrected chi connectivity index (χ1v) is 10.6. The first-order valence-electron chi connectivity index (χ1n) is 10.2. The summed E-state index contributed by atoms with van der Waals surface area (Å²) in [4.78, 5) is 14.6. The summed E-state index contributed by atoms with van der Waals surface area (Å²) in [6.45, 7) is 4.96. The number of nitrogens with zero attached hydrogens (tertiary/aromatic N) is 4. The summed E-state index contributed by atoms with van der Waals surface area (Å²) < 4.78 is 18.3. The first kappa shape index (κ1) is 19.6. The molecule has 0 saturated carbocycles. The lowest BCUT2D eigenvalue weighted by Gasteiger charge is -2.20. The molecule has 1 aromatic carbocycles. The number of hydrogen-bond donors (Lipinski definition) is 1. The van der Waals surface area contributed by atoms with Crippen LogP contribution in [-0.4, -0.2) is 58.7 Å². The Bertz CT molecular complexity index is 944. The smallest absolute Gasteiger partial charge is 0.231 e. The fraction of sp³-hybridized carbons (Fsp3) is 0.550. The number of carbonyl (C=O) groups excluding carboxylic acids is 1. The average molecular weight is 434 g/mol. The minimum Gasteiger partial charge on any atom is -0.454 e. The van der Waals surface area contributed by atoms with Gasteiger partial charge in [0.1, 0.15) is 5.82 Å². The van der Waals surface area contributed by atoms with E-state index in [4.69, 9.17) is 25.8 Å². The van der Waals surface area contributed by atoms with Gasteiger partial charge in [-0.1, -0.05) is 11.6 Å². The molecule has 4 heterocycles. The minimum atomic E-state index is -0.0570. The minimum absolute atomic E-state index is 0.0255. The molecule has 1 fully saturated rings. The Labute approximate surface area is 179 Å². The Hall–Kier alpha value is -2.36. The summed E-state index contributed by atoms with van der Waals surface area (Å²) >= 11 is 6.45. The molecule has 2 aromatic rings. The van der Waals surface area contributed by atoms with E-state index in [0.29, 0.717) is 30.5 Å². The van der Waals surface area contributed by atoms with Crippen molar-refractivity contribution in [3.63, 3.8) is 0 Å². The number of halogens is 1. The normalized spacial score (nSPS) is 20.8. The molecule has 1 N–H and O–H groups in total. The van der Waals surface area contributed by atoms with Gasteiger partial charge in [-0.25, -0.2) is 0 Å². The quantitative estimate of drug-likeness (QED) is 0.761. The van der Waals surface area contributed by atoms with Gasteiger partial charge in [-0.15, -0.1) is 10.2 Å². The van der Waals surface area contributed by atoms with Gasteiger partial charge in [0.2, 0.25) is 12.7 Å². The number of hydrogen-bond acceptors (Lipinski definition) is 7. The summed E-state index contributed by atoms with van der Waals surface area (Å²) in [6, 6.07) is 3.78. The molecule has 0 aliphatic carbocycles. The lowest BCUT2D eigenvalue weighted by Crippen LogP contribution is -2.32. The zero-order valence-electron chi connectivity index (χ0n) is 16.6. The number of nitrogens with one attached hydrogen (secondary N) is 1. The molecule has 3 aliphatic rings. The van der Waals surface area contributed by atoms with Gasteiger partial charge in [0.15, 0.2) is 17.3 Å². The van der Waals surface area contributed by atoms with E-state index in [1.165, 1.54) is 0 Å². The van der Waals surface area contributed by atoms with Gasteiger partial charge < -0.3 is 24.1 Å². The molecular formula is C20H24ClN5O4. The highest BCUT2D eigenvalue weighted by Gasteiger charge is 2.25. The third-order valence-electron chi connectivity index (χ3n) is 5.85.